The van der Waals surface area contributed by atoms with Crippen LogP contribution >= 0.6 is 11.6 Å². The number of amides is 1. The number of hydrogen-bond acceptors (Lipinski definition) is 2. The van der Waals surface area contributed by atoms with Gasteiger partial charge in [-0.1, -0.05) is 0 Å². The Kier molecular flexibility index (Phi) is 2.69. The summed E-state index contributed by atoms with van der Waals surface area (Å²) in [6, 6.07) is 1.99. The minimum atomic E-state index is -0.0395. The SMILES string of the molecule is Cc1cc(CN2CC(Cl)CC2=O)nn1C. The highest BCUT2D eigenvalue weighted by Crippen LogP contribution is 2.18. The van der Waals surface area contributed by atoms with Crippen LogP contribution < -0.4 is 0 Å². The Labute approximate surface area is 93.8 Å². The molecule has 0 N–H and O–H groups in total. The van der Waals surface area contributed by atoms with Gasteiger partial charge in [-0.3, -0.25) is 9.48 Å². The molecule has 1 atom stereocenters. The van der Waals surface area contributed by atoms with Crippen molar-refractivity contribution in [2.75, 3.05) is 6.54 Å². The summed E-state index contributed by atoms with van der Waals surface area (Å²) in [4.78, 5) is 13.3. The summed E-state index contributed by atoms with van der Waals surface area (Å²) in [5, 5.41) is 4.27. The van der Waals surface area contributed by atoms with Gasteiger partial charge in [-0.25, -0.2) is 0 Å². The van der Waals surface area contributed by atoms with Gasteiger partial charge in [-0.2, -0.15) is 5.10 Å². The molecule has 1 aliphatic rings. The van der Waals surface area contributed by atoms with Crippen LogP contribution in [-0.2, 0) is 18.4 Å². The van der Waals surface area contributed by atoms with Crippen LogP contribution in [0.25, 0.3) is 0 Å². The Balaban J connectivity index is 2.06. The molecule has 1 fully saturated rings. The third-order valence-corrected chi connectivity index (χ3v) is 2.98. The number of alkyl halides is 1. The van der Waals surface area contributed by atoms with Gasteiger partial charge in [0, 0.05) is 25.7 Å². The van der Waals surface area contributed by atoms with E-state index in [1.54, 1.807) is 4.90 Å². The van der Waals surface area contributed by atoms with E-state index in [2.05, 4.69) is 5.10 Å². The maximum atomic E-state index is 11.5. The summed E-state index contributed by atoms with van der Waals surface area (Å²) in [5.74, 6) is 0.123. The summed E-state index contributed by atoms with van der Waals surface area (Å²) in [6.07, 6.45) is 0.452. The molecule has 1 amide bonds. The van der Waals surface area contributed by atoms with E-state index in [-0.39, 0.29) is 11.3 Å². The van der Waals surface area contributed by atoms with Gasteiger partial charge in [-0.15, -0.1) is 11.6 Å². The molecule has 2 heterocycles. The molecule has 1 aromatic heterocycles. The van der Waals surface area contributed by atoms with Gasteiger partial charge >= 0.3 is 0 Å². The number of aromatic nitrogens is 2. The molecule has 0 spiro atoms. The summed E-state index contributed by atoms with van der Waals surface area (Å²) in [5.41, 5.74) is 2.02. The highest BCUT2D eigenvalue weighted by atomic mass is 35.5. The lowest BCUT2D eigenvalue weighted by molar-refractivity contribution is -0.128. The van der Waals surface area contributed by atoms with Crippen LogP contribution in [0.15, 0.2) is 6.07 Å². The first-order chi connectivity index (χ1) is 7.06. The first-order valence-electron chi connectivity index (χ1n) is 4.97. The van der Waals surface area contributed by atoms with Crippen LogP contribution in [0.1, 0.15) is 17.8 Å². The molecule has 0 bridgehead atoms. The molecule has 0 saturated carbocycles. The fraction of sp³-hybridized carbons (Fsp3) is 0.600. The quantitative estimate of drug-likeness (QED) is 0.709. The van der Waals surface area contributed by atoms with Crippen LogP contribution in [0.2, 0.25) is 0 Å². The molecule has 1 unspecified atom stereocenters. The van der Waals surface area contributed by atoms with E-state index in [0.29, 0.717) is 19.5 Å². The third kappa shape index (κ3) is 2.15. The van der Waals surface area contributed by atoms with Crippen molar-refractivity contribution < 1.29 is 4.79 Å². The first-order valence-corrected chi connectivity index (χ1v) is 5.41. The van der Waals surface area contributed by atoms with Crippen LogP contribution in [-0.4, -0.2) is 32.5 Å². The molecule has 1 aromatic rings. The van der Waals surface area contributed by atoms with Crippen molar-refractivity contribution in [2.24, 2.45) is 7.05 Å². The normalized spacial score (nSPS) is 21.4. The Hall–Kier alpha value is -1.03. The van der Waals surface area contributed by atoms with Crippen LogP contribution in [0.3, 0.4) is 0 Å². The summed E-state index contributed by atoms with van der Waals surface area (Å²) < 4.78 is 1.81. The standard InChI is InChI=1S/C10H14ClN3O/c1-7-3-9(12-13(7)2)6-14-5-8(11)4-10(14)15/h3,8H,4-6H2,1-2H3. The van der Waals surface area contributed by atoms with Crippen molar-refractivity contribution in [1.82, 2.24) is 14.7 Å². The van der Waals surface area contributed by atoms with Gasteiger partial charge in [0.2, 0.25) is 5.91 Å². The molecule has 1 aliphatic heterocycles. The zero-order valence-electron chi connectivity index (χ0n) is 8.90. The van der Waals surface area contributed by atoms with Crippen molar-refractivity contribution in [3.05, 3.63) is 17.5 Å². The molecule has 1 saturated heterocycles. The van der Waals surface area contributed by atoms with E-state index in [4.69, 9.17) is 11.6 Å². The minimum absolute atomic E-state index is 0.0395. The van der Waals surface area contributed by atoms with Crippen LogP contribution in [0, 0.1) is 6.92 Å². The van der Waals surface area contributed by atoms with Gasteiger partial charge in [0.15, 0.2) is 0 Å². The molecule has 5 heteroatoms. The molecule has 82 valence electrons. The second kappa shape index (κ2) is 3.85. The Morgan fingerprint density at radius 2 is 2.40 bits per heavy atom. The van der Waals surface area contributed by atoms with Crippen molar-refractivity contribution in [2.45, 2.75) is 25.3 Å². The van der Waals surface area contributed by atoms with E-state index in [1.807, 2.05) is 24.7 Å². The number of halogens is 1. The second-order valence-electron chi connectivity index (χ2n) is 3.98. The zero-order chi connectivity index (χ0) is 11.0. The average Bonchev–Trinajstić information content (AvgIpc) is 2.59. The van der Waals surface area contributed by atoms with Gasteiger partial charge in [0.05, 0.1) is 17.6 Å². The fourth-order valence-electron chi connectivity index (χ4n) is 1.78. The number of carbonyl (C=O) groups is 1. The van der Waals surface area contributed by atoms with Gasteiger partial charge in [0.25, 0.3) is 0 Å². The maximum absolute atomic E-state index is 11.5. The summed E-state index contributed by atoms with van der Waals surface area (Å²) >= 11 is 5.92. The lowest BCUT2D eigenvalue weighted by Gasteiger charge is -2.13. The Bertz CT molecular complexity index is 369. The van der Waals surface area contributed by atoms with Crippen molar-refractivity contribution in [3.63, 3.8) is 0 Å². The van der Waals surface area contributed by atoms with Crippen LogP contribution in [0.4, 0.5) is 0 Å². The average molecular weight is 228 g/mol. The topological polar surface area (TPSA) is 38.1 Å². The Morgan fingerprint density at radius 3 is 2.87 bits per heavy atom. The molecule has 0 aliphatic carbocycles. The smallest absolute Gasteiger partial charge is 0.224 e. The molecule has 15 heavy (non-hydrogen) atoms. The van der Waals surface area contributed by atoms with Crippen molar-refractivity contribution in [1.29, 1.82) is 0 Å². The first kappa shape index (κ1) is 10.5. The number of likely N-dealkylation sites (tertiary alicyclic amines) is 1. The number of aryl methyl sites for hydroxylation is 2. The molecule has 2 rings (SSSR count). The van der Waals surface area contributed by atoms with E-state index in [9.17, 15) is 4.79 Å². The van der Waals surface area contributed by atoms with Gasteiger partial charge in [-0.05, 0) is 13.0 Å². The predicted molar refractivity (Wildman–Crippen MR) is 57.6 cm³/mol. The largest absolute Gasteiger partial charge is 0.335 e. The molecular weight excluding hydrogens is 214 g/mol. The third-order valence-electron chi connectivity index (χ3n) is 2.68. The fourth-order valence-corrected chi connectivity index (χ4v) is 2.08. The summed E-state index contributed by atoms with van der Waals surface area (Å²) in [7, 11) is 1.90. The van der Waals surface area contributed by atoms with Crippen molar-refractivity contribution in [3.8, 4) is 0 Å². The molecule has 0 aromatic carbocycles. The highest BCUT2D eigenvalue weighted by molar-refractivity contribution is 6.22. The minimum Gasteiger partial charge on any atom is -0.335 e. The lowest BCUT2D eigenvalue weighted by atomic mass is 10.3. The van der Waals surface area contributed by atoms with E-state index < -0.39 is 0 Å². The highest BCUT2D eigenvalue weighted by Gasteiger charge is 2.28. The summed E-state index contributed by atoms with van der Waals surface area (Å²) in [6.45, 7) is 3.20. The van der Waals surface area contributed by atoms with E-state index >= 15 is 0 Å². The van der Waals surface area contributed by atoms with Crippen molar-refractivity contribution >= 4 is 17.5 Å². The Morgan fingerprint density at radius 1 is 1.67 bits per heavy atom. The van der Waals surface area contributed by atoms with Crippen LogP contribution in [0.5, 0.6) is 0 Å². The zero-order valence-corrected chi connectivity index (χ0v) is 9.66. The molecule has 4 nitrogen and oxygen atoms in total. The monoisotopic (exact) mass is 227 g/mol. The number of carbonyl (C=O) groups excluding carboxylic acids is 1. The molecule has 0 radical (unpaired) electrons. The number of rotatable bonds is 2. The number of nitrogens with zero attached hydrogens (tertiary/aromatic N) is 3. The van der Waals surface area contributed by atoms with Gasteiger partial charge in [0.1, 0.15) is 0 Å². The predicted octanol–water partition coefficient (Wildman–Crippen LogP) is 1.07. The lowest BCUT2D eigenvalue weighted by Crippen LogP contribution is -2.24. The number of hydrogen-bond donors (Lipinski definition) is 0. The molecular formula is C10H14ClN3O. The van der Waals surface area contributed by atoms with Gasteiger partial charge < -0.3 is 4.90 Å². The maximum Gasteiger partial charge on any atom is 0.224 e. The van der Waals surface area contributed by atoms with E-state index in [0.717, 1.165) is 11.4 Å². The van der Waals surface area contributed by atoms with E-state index in [1.165, 1.54) is 0 Å². The second-order valence-corrected chi connectivity index (χ2v) is 4.59.